The number of carbonyl (C=O) groups is 6. The molecule has 12 nitrogen and oxygen atoms in total. The Morgan fingerprint density at radius 1 is 0.833 bits per heavy atom. The number of carboxylic acid groups (broad SMARTS) is 3. The first-order valence-electron chi connectivity index (χ1n) is 7.18. The Bertz CT molecular complexity index is 612. The van der Waals surface area contributed by atoms with Crippen molar-refractivity contribution in [3.05, 3.63) is 0 Å². The van der Waals surface area contributed by atoms with E-state index in [9.17, 15) is 33.9 Å². The average molecular weight is 474 g/mol. The third kappa shape index (κ3) is 16.5. The molecule has 0 saturated carbocycles. The van der Waals surface area contributed by atoms with E-state index >= 15 is 0 Å². The van der Waals surface area contributed by atoms with Gasteiger partial charge >= 0.3 is 154 Å². The first-order valence-corrected chi connectivity index (χ1v) is 7.18. The van der Waals surface area contributed by atoms with Crippen LogP contribution in [0.1, 0.15) is 33.1 Å². The van der Waals surface area contributed by atoms with Gasteiger partial charge in [-0.15, -0.1) is 0 Å². The molecule has 154 valence electrons. The molecule has 0 aliphatic rings. The van der Waals surface area contributed by atoms with Crippen LogP contribution in [0.15, 0.2) is 0 Å². The van der Waals surface area contributed by atoms with Crippen LogP contribution in [0, 0.1) is 0 Å². The van der Waals surface area contributed by atoms with Crippen LogP contribution in [-0.4, -0.2) is 188 Å². The van der Waals surface area contributed by atoms with Crippen molar-refractivity contribution >= 4 is 154 Å². The van der Waals surface area contributed by atoms with Crippen molar-refractivity contribution in [3.63, 3.8) is 0 Å². The Labute approximate surface area is 260 Å². The number of carboxylic acids is 3. The van der Waals surface area contributed by atoms with Gasteiger partial charge in [0.05, 0.1) is 12.8 Å². The minimum atomic E-state index is -2.86. The van der Waals surface area contributed by atoms with Crippen LogP contribution in [0.25, 0.3) is 0 Å². The second kappa shape index (κ2) is 20.4. The molecule has 0 amide bonds. The van der Waals surface area contributed by atoms with Gasteiger partial charge in [0.2, 0.25) is 5.60 Å². The summed E-state index contributed by atoms with van der Waals surface area (Å²) in [6.07, 6.45) is -4.29. The van der Waals surface area contributed by atoms with Crippen molar-refractivity contribution in [2.24, 2.45) is 0 Å². The Morgan fingerprint density at radius 3 is 1.70 bits per heavy atom. The Balaban J connectivity index is -0.000000521. The molecular weight excluding hydrogens is 452 g/mol. The average Bonchev–Trinajstić information content (AvgIpc) is 2.51. The van der Waals surface area contributed by atoms with Crippen LogP contribution < -0.4 is 0 Å². The van der Waals surface area contributed by atoms with Crippen molar-refractivity contribution in [2.45, 2.75) is 44.8 Å². The van der Waals surface area contributed by atoms with Crippen molar-refractivity contribution in [2.75, 3.05) is 6.61 Å². The second-order valence-electron chi connectivity index (χ2n) is 5.01. The van der Waals surface area contributed by atoms with Gasteiger partial charge in [0.1, 0.15) is 0 Å². The summed E-state index contributed by atoms with van der Waals surface area (Å²) in [6, 6.07) is 0. The molecule has 0 bridgehead atoms. The van der Waals surface area contributed by atoms with Gasteiger partial charge in [-0.1, -0.05) is 6.92 Å². The van der Waals surface area contributed by atoms with Crippen molar-refractivity contribution in [1.29, 1.82) is 0 Å². The van der Waals surface area contributed by atoms with Crippen LogP contribution in [0.3, 0.4) is 0 Å². The summed E-state index contributed by atoms with van der Waals surface area (Å²) in [5, 5.41) is 26.8. The summed E-state index contributed by atoms with van der Waals surface area (Å²) >= 11 is 0. The molecule has 0 radical (unpaired) electrons. The van der Waals surface area contributed by atoms with Gasteiger partial charge in [-0.3, -0.25) is 14.4 Å². The number of ether oxygens (including phenoxy) is 3. The van der Waals surface area contributed by atoms with E-state index in [1.807, 2.05) is 0 Å². The summed E-state index contributed by atoms with van der Waals surface area (Å²) in [4.78, 5) is 67.5. The summed E-state index contributed by atoms with van der Waals surface area (Å²) in [6.45, 7) is 1.41. The van der Waals surface area contributed by atoms with Crippen LogP contribution in [0.5, 0.6) is 0 Å². The molecule has 0 aliphatic heterocycles. The fraction of sp³-hybridized carbons (Fsp3) is 0.571. The number of hydrogen-bond acceptors (Lipinski definition) is 9. The molecule has 0 aromatic rings. The van der Waals surface area contributed by atoms with Gasteiger partial charge in [-0.05, 0) is 6.92 Å². The zero-order valence-electron chi connectivity index (χ0n) is 13.9. The third-order valence-corrected chi connectivity index (χ3v) is 2.86. The maximum absolute atomic E-state index is 11.7. The molecule has 0 aromatic carbocycles. The molecule has 0 fully saturated rings. The van der Waals surface area contributed by atoms with E-state index < -0.39 is 67.0 Å². The zero-order chi connectivity index (χ0) is 20.5. The molecular formula is C14H22Na4O12. The fourth-order valence-electron chi connectivity index (χ4n) is 1.59. The van der Waals surface area contributed by atoms with Crippen LogP contribution in [0.2, 0.25) is 0 Å². The first kappa shape index (κ1) is 41.1. The quantitative estimate of drug-likeness (QED) is 0.153. The normalized spacial score (nSPS) is 11.8. The number of esters is 3. The van der Waals surface area contributed by atoms with Crippen LogP contribution >= 0.6 is 0 Å². The van der Waals surface area contributed by atoms with Crippen molar-refractivity contribution < 1.29 is 58.3 Å². The molecule has 0 aliphatic carbocycles. The predicted molar refractivity (Wildman–Crippen MR) is 106 cm³/mol. The molecule has 0 heterocycles. The Morgan fingerprint density at radius 2 is 1.33 bits per heavy atom. The number of hydrogen-bond donors (Lipinski definition) is 3. The van der Waals surface area contributed by atoms with Gasteiger partial charge in [-0.25, -0.2) is 14.4 Å². The molecule has 0 saturated heterocycles. The van der Waals surface area contributed by atoms with E-state index in [2.05, 4.69) is 14.2 Å². The monoisotopic (exact) mass is 474 g/mol. The van der Waals surface area contributed by atoms with E-state index in [1.54, 1.807) is 0 Å². The van der Waals surface area contributed by atoms with Gasteiger partial charge < -0.3 is 29.5 Å². The van der Waals surface area contributed by atoms with E-state index in [0.29, 0.717) is 0 Å². The fourth-order valence-corrected chi connectivity index (χ4v) is 1.59. The minimum absolute atomic E-state index is 0. The van der Waals surface area contributed by atoms with Crippen LogP contribution in [0.4, 0.5) is 0 Å². The maximum atomic E-state index is 11.7. The third-order valence-electron chi connectivity index (χ3n) is 2.86. The van der Waals surface area contributed by atoms with Crippen LogP contribution in [-0.2, 0) is 43.0 Å². The van der Waals surface area contributed by atoms with Crippen molar-refractivity contribution in [1.82, 2.24) is 0 Å². The molecule has 0 spiro atoms. The van der Waals surface area contributed by atoms with E-state index in [0.717, 1.165) is 6.92 Å². The number of carbonyl (C=O) groups excluding carboxylic acids is 3. The summed E-state index contributed by atoms with van der Waals surface area (Å²) in [5.41, 5.74) is -2.86. The SMILES string of the molecule is CCC(=O)OCC(=O)OC(CC(=O)O)(CC(=O)OC(C)C(=O)O)C(=O)O.[NaH].[NaH].[NaH].[NaH]. The number of aliphatic carboxylic acids is 3. The van der Waals surface area contributed by atoms with Gasteiger partial charge in [-0.2, -0.15) is 0 Å². The summed E-state index contributed by atoms with van der Waals surface area (Å²) in [7, 11) is 0. The number of rotatable bonds is 11. The second-order valence-corrected chi connectivity index (χ2v) is 5.01. The van der Waals surface area contributed by atoms with E-state index in [1.165, 1.54) is 6.92 Å². The van der Waals surface area contributed by atoms with Gasteiger partial charge in [0.25, 0.3) is 0 Å². The molecule has 0 aromatic heterocycles. The van der Waals surface area contributed by atoms with Gasteiger partial charge in [0.15, 0.2) is 12.7 Å². The summed E-state index contributed by atoms with van der Waals surface area (Å²) < 4.78 is 13.4. The Kier molecular flexibility index (Phi) is 28.0. The van der Waals surface area contributed by atoms with E-state index in [-0.39, 0.29) is 125 Å². The molecule has 2 unspecified atom stereocenters. The van der Waals surface area contributed by atoms with Crippen molar-refractivity contribution in [3.8, 4) is 0 Å². The topological polar surface area (TPSA) is 191 Å². The zero-order valence-corrected chi connectivity index (χ0v) is 13.9. The molecule has 3 N–H and O–H groups in total. The predicted octanol–water partition coefficient (Wildman–Crippen LogP) is -3.41. The Hall–Kier alpha value is 0.820. The molecule has 30 heavy (non-hydrogen) atoms. The molecule has 2 atom stereocenters. The van der Waals surface area contributed by atoms with E-state index in [4.69, 9.17) is 10.2 Å². The standard InChI is InChI=1S/C14H18O12.4Na.4H/c1-3-9(17)24-6-11(19)26-14(13(22)23,4-8(15)16)5-10(18)25-7(2)12(20)21;;;;;;;;/h7H,3-6H2,1-2H3,(H,15,16)(H,20,21)(H,22,23);;;;;;;;. The van der Waals surface area contributed by atoms with Gasteiger partial charge in [0, 0.05) is 6.42 Å². The summed E-state index contributed by atoms with van der Waals surface area (Å²) in [5.74, 6) is -8.84. The first-order chi connectivity index (χ1) is 11.9. The molecule has 0 rings (SSSR count). The molecule has 16 heteroatoms.